The molecule has 3 rings (SSSR count). The van der Waals surface area contributed by atoms with Crippen molar-refractivity contribution < 1.29 is 4.79 Å². The second-order valence-electron chi connectivity index (χ2n) is 5.88. The molecule has 0 aliphatic rings. The van der Waals surface area contributed by atoms with Crippen LogP contribution in [0.15, 0.2) is 67.1 Å². The van der Waals surface area contributed by atoms with E-state index in [-0.39, 0.29) is 5.91 Å². The number of aryl methyl sites for hydroxylation is 1. The molecule has 0 saturated heterocycles. The summed E-state index contributed by atoms with van der Waals surface area (Å²) in [6, 6.07) is 15.5. The van der Waals surface area contributed by atoms with Gasteiger partial charge in [-0.25, -0.2) is 0 Å². The number of carbonyl (C=O) groups excluding carboxylic acids is 1. The summed E-state index contributed by atoms with van der Waals surface area (Å²) in [4.78, 5) is 20.9. The van der Waals surface area contributed by atoms with Crippen LogP contribution in [0.2, 0.25) is 0 Å². The van der Waals surface area contributed by atoms with Gasteiger partial charge < -0.3 is 5.32 Å². The van der Waals surface area contributed by atoms with Crippen molar-refractivity contribution in [2.45, 2.75) is 26.3 Å². The lowest BCUT2D eigenvalue weighted by Crippen LogP contribution is -2.23. The molecule has 0 aliphatic heterocycles. The fourth-order valence-electron chi connectivity index (χ4n) is 2.74. The smallest absolute Gasteiger partial charge is 0.251 e. The number of aromatic nitrogens is 2. The van der Waals surface area contributed by atoms with Crippen LogP contribution in [0.25, 0.3) is 11.3 Å². The van der Waals surface area contributed by atoms with Crippen molar-refractivity contribution in [2.75, 3.05) is 0 Å². The molecule has 0 atom stereocenters. The molecule has 0 saturated carbocycles. The Bertz CT molecular complexity index is 829. The number of nitrogens with zero attached hydrogens (tertiary/aromatic N) is 2. The number of rotatable bonds is 6. The highest BCUT2D eigenvalue weighted by atomic mass is 16.1. The molecule has 0 spiro atoms. The molecule has 0 unspecified atom stereocenters. The summed E-state index contributed by atoms with van der Waals surface area (Å²) in [5.41, 5.74) is 4.76. The third kappa shape index (κ3) is 4.29. The monoisotopic (exact) mass is 331 g/mol. The van der Waals surface area contributed by atoms with E-state index in [1.165, 1.54) is 5.56 Å². The second-order valence-corrected chi connectivity index (χ2v) is 5.88. The van der Waals surface area contributed by atoms with Gasteiger partial charge in [0.05, 0.1) is 5.69 Å². The van der Waals surface area contributed by atoms with Crippen LogP contribution < -0.4 is 5.32 Å². The minimum atomic E-state index is -0.0763. The van der Waals surface area contributed by atoms with Gasteiger partial charge in [0.2, 0.25) is 0 Å². The van der Waals surface area contributed by atoms with Crippen LogP contribution in [-0.4, -0.2) is 15.9 Å². The van der Waals surface area contributed by atoms with Crippen LogP contribution >= 0.6 is 0 Å². The summed E-state index contributed by atoms with van der Waals surface area (Å²) in [5.74, 6) is -0.0763. The van der Waals surface area contributed by atoms with Crippen LogP contribution in [0.3, 0.4) is 0 Å². The lowest BCUT2D eigenvalue weighted by molar-refractivity contribution is 0.0951. The highest BCUT2D eigenvalue weighted by Gasteiger charge is 2.09. The molecule has 25 heavy (non-hydrogen) atoms. The maximum atomic E-state index is 12.4. The summed E-state index contributed by atoms with van der Waals surface area (Å²) in [7, 11) is 0. The first-order valence-corrected chi connectivity index (χ1v) is 8.49. The van der Waals surface area contributed by atoms with Gasteiger partial charge in [-0.3, -0.25) is 14.8 Å². The fourth-order valence-corrected chi connectivity index (χ4v) is 2.74. The van der Waals surface area contributed by atoms with Crippen LogP contribution in [-0.2, 0) is 13.0 Å². The predicted octanol–water partition coefficient (Wildman–Crippen LogP) is 4.03. The largest absolute Gasteiger partial charge is 0.348 e. The average Bonchev–Trinajstić information content (AvgIpc) is 2.68. The Hall–Kier alpha value is -3.01. The maximum Gasteiger partial charge on any atom is 0.251 e. The van der Waals surface area contributed by atoms with Crippen molar-refractivity contribution in [3.63, 3.8) is 0 Å². The van der Waals surface area contributed by atoms with E-state index in [1.807, 2.05) is 48.5 Å². The van der Waals surface area contributed by atoms with Crippen molar-refractivity contribution in [3.05, 3.63) is 83.8 Å². The zero-order valence-electron chi connectivity index (χ0n) is 14.3. The lowest BCUT2D eigenvalue weighted by atomic mass is 10.1. The van der Waals surface area contributed by atoms with Gasteiger partial charge in [-0.2, -0.15) is 0 Å². The van der Waals surface area contributed by atoms with E-state index >= 15 is 0 Å². The van der Waals surface area contributed by atoms with Crippen molar-refractivity contribution in [1.82, 2.24) is 15.3 Å². The van der Waals surface area contributed by atoms with Crippen LogP contribution in [0.4, 0.5) is 0 Å². The Morgan fingerprint density at radius 1 is 1.00 bits per heavy atom. The third-order valence-electron chi connectivity index (χ3n) is 4.04. The molecule has 1 amide bonds. The van der Waals surface area contributed by atoms with Gasteiger partial charge in [-0.15, -0.1) is 0 Å². The Morgan fingerprint density at radius 2 is 1.76 bits per heavy atom. The number of carbonyl (C=O) groups is 1. The van der Waals surface area contributed by atoms with Gasteiger partial charge in [0.15, 0.2) is 0 Å². The first-order valence-electron chi connectivity index (χ1n) is 8.49. The Morgan fingerprint density at radius 3 is 2.48 bits per heavy atom. The van der Waals surface area contributed by atoms with E-state index in [0.29, 0.717) is 12.1 Å². The highest BCUT2D eigenvalue weighted by molar-refractivity contribution is 5.94. The summed E-state index contributed by atoms with van der Waals surface area (Å²) in [6.45, 7) is 2.58. The van der Waals surface area contributed by atoms with E-state index in [0.717, 1.165) is 29.7 Å². The minimum Gasteiger partial charge on any atom is -0.348 e. The quantitative estimate of drug-likeness (QED) is 0.742. The number of amides is 1. The molecule has 0 fully saturated rings. The van der Waals surface area contributed by atoms with Gasteiger partial charge in [0.25, 0.3) is 5.91 Å². The van der Waals surface area contributed by atoms with Gasteiger partial charge in [0.1, 0.15) is 0 Å². The van der Waals surface area contributed by atoms with Crippen LogP contribution in [0, 0.1) is 0 Å². The SMILES string of the molecule is CCCc1ccc(C(=O)NCc2cccnc2-c2ccncc2)cc1. The summed E-state index contributed by atoms with van der Waals surface area (Å²) >= 11 is 0. The molecular formula is C21H21N3O. The molecular weight excluding hydrogens is 310 g/mol. The molecule has 1 aromatic carbocycles. The zero-order valence-corrected chi connectivity index (χ0v) is 14.3. The van der Waals surface area contributed by atoms with Gasteiger partial charge in [-0.05, 0) is 47.9 Å². The van der Waals surface area contributed by atoms with E-state index in [4.69, 9.17) is 0 Å². The standard InChI is InChI=1S/C21H21N3O/c1-2-4-16-6-8-18(9-7-16)21(25)24-15-19-5-3-12-23-20(19)17-10-13-22-14-11-17/h3,5-14H,2,4,15H2,1H3,(H,24,25). The van der Waals surface area contributed by atoms with E-state index in [2.05, 4.69) is 22.2 Å². The number of pyridine rings is 2. The van der Waals surface area contributed by atoms with E-state index in [9.17, 15) is 4.79 Å². The van der Waals surface area contributed by atoms with Crippen LogP contribution in [0.1, 0.15) is 34.8 Å². The van der Waals surface area contributed by atoms with Crippen molar-refractivity contribution in [2.24, 2.45) is 0 Å². The topological polar surface area (TPSA) is 54.9 Å². The third-order valence-corrected chi connectivity index (χ3v) is 4.04. The molecule has 0 aliphatic carbocycles. The summed E-state index contributed by atoms with van der Waals surface area (Å²) in [5, 5.41) is 2.98. The Labute approximate surface area is 148 Å². The van der Waals surface area contributed by atoms with Crippen LogP contribution in [0.5, 0.6) is 0 Å². The minimum absolute atomic E-state index is 0.0763. The van der Waals surface area contributed by atoms with Crippen molar-refractivity contribution in [3.8, 4) is 11.3 Å². The molecule has 2 heterocycles. The number of hydrogen-bond acceptors (Lipinski definition) is 3. The normalized spacial score (nSPS) is 10.4. The molecule has 4 heteroatoms. The summed E-state index contributed by atoms with van der Waals surface area (Å²) < 4.78 is 0. The number of hydrogen-bond donors (Lipinski definition) is 1. The molecule has 2 aromatic heterocycles. The summed E-state index contributed by atoms with van der Waals surface area (Å²) in [6.07, 6.45) is 7.37. The molecule has 126 valence electrons. The first-order chi connectivity index (χ1) is 12.3. The molecule has 1 N–H and O–H groups in total. The van der Waals surface area contributed by atoms with Crippen molar-refractivity contribution >= 4 is 5.91 Å². The molecule has 3 aromatic rings. The first kappa shape index (κ1) is 16.8. The lowest BCUT2D eigenvalue weighted by Gasteiger charge is -2.10. The maximum absolute atomic E-state index is 12.4. The molecule has 0 bridgehead atoms. The highest BCUT2D eigenvalue weighted by Crippen LogP contribution is 2.20. The second kappa shape index (κ2) is 8.20. The zero-order chi connectivity index (χ0) is 17.5. The van der Waals surface area contributed by atoms with Gasteiger partial charge in [-0.1, -0.05) is 31.5 Å². The predicted molar refractivity (Wildman–Crippen MR) is 99.1 cm³/mol. The van der Waals surface area contributed by atoms with Gasteiger partial charge in [0, 0.05) is 36.3 Å². The van der Waals surface area contributed by atoms with Gasteiger partial charge >= 0.3 is 0 Å². The Kier molecular flexibility index (Phi) is 5.52. The van der Waals surface area contributed by atoms with Crippen molar-refractivity contribution in [1.29, 1.82) is 0 Å². The Balaban J connectivity index is 1.70. The van der Waals surface area contributed by atoms with E-state index < -0.39 is 0 Å². The number of benzene rings is 1. The fraction of sp³-hybridized carbons (Fsp3) is 0.190. The molecule has 4 nitrogen and oxygen atoms in total. The molecule has 0 radical (unpaired) electrons. The number of nitrogens with one attached hydrogen (secondary N) is 1. The average molecular weight is 331 g/mol. The van der Waals surface area contributed by atoms with E-state index in [1.54, 1.807) is 18.6 Å².